The lowest BCUT2D eigenvalue weighted by atomic mass is 10.2. The van der Waals surface area contributed by atoms with Crippen LogP contribution in [0.25, 0.3) is 0 Å². The van der Waals surface area contributed by atoms with Crippen molar-refractivity contribution < 1.29 is 9.59 Å². The summed E-state index contributed by atoms with van der Waals surface area (Å²) in [7, 11) is 0. The van der Waals surface area contributed by atoms with Gasteiger partial charge in [0, 0.05) is 25.1 Å². The fourth-order valence-electron chi connectivity index (χ4n) is 1.54. The van der Waals surface area contributed by atoms with Crippen LogP contribution in [0.5, 0.6) is 0 Å². The number of nitrogens with two attached hydrogens (primary N) is 1. The number of amides is 2. The summed E-state index contributed by atoms with van der Waals surface area (Å²) in [6.07, 6.45) is 2.77. The molecule has 0 spiro atoms. The molecule has 0 aliphatic rings. The molecule has 0 bridgehead atoms. The molecule has 1 aromatic rings. The molecule has 0 atom stereocenters. The Labute approximate surface area is 118 Å². The zero-order valence-corrected chi connectivity index (χ0v) is 11.6. The van der Waals surface area contributed by atoms with Gasteiger partial charge in [-0.25, -0.2) is 0 Å². The van der Waals surface area contributed by atoms with Crippen molar-refractivity contribution >= 4 is 23.7 Å². The zero-order chi connectivity index (χ0) is 14.8. The number of hydrogen-bond donors (Lipinski definition) is 3. The minimum absolute atomic E-state index is 0.100. The van der Waals surface area contributed by atoms with E-state index in [-0.39, 0.29) is 24.7 Å². The summed E-state index contributed by atoms with van der Waals surface area (Å²) in [5.41, 5.74) is 1.53. The Balaban J connectivity index is 2.36. The third-order valence-electron chi connectivity index (χ3n) is 2.57. The molecule has 0 unspecified atom stereocenters. The molecule has 0 fully saturated rings. The number of nitrogens with one attached hydrogen (secondary N) is 2. The Hall–Kier alpha value is -2.37. The molecular weight excluding hydrogens is 256 g/mol. The summed E-state index contributed by atoms with van der Waals surface area (Å²) >= 11 is 0. The minimum Gasteiger partial charge on any atom is -0.356 e. The van der Waals surface area contributed by atoms with Crippen LogP contribution >= 0.6 is 0 Å². The van der Waals surface area contributed by atoms with E-state index in [2.05, 4.69) is 15.7 Å². The van der Waals surface area contributed by atoms with Crippen LogP contribution in [0, 0.1) is 0 Å². The lowest BCUT2D eigenvalue weighted by Gasteiger charge is -2.06. The van der Waals surface area contributed by atoms with Crippen LogP contribution in [-0.2, 0) is 9.59 Å². The van der Waals surface area contributed by atoms with Gasteiger partial charge in [-0.1, -0.05) is 19.1 Å². The van der Waals surface area contributed by atoms with E-state index in [1.54, 1.807) is 24.3 Å². The third-order valence-corrected chi connectivity index (χ3v) is 2.57. The quantitative estimate of drug-likeness (QED) is 0.397. The molecule has 0 aliphatic heterocycles. The summed E-state index contributed by atoms with van der Waals surface area (Å²) in [5.74, 6) is 4.76. The number of hydrogen-bond acceptors (Lipinski definition) is 4. The summed E-state index contributed by atoms with van der Waals surface area (Å²) < 4.78 is 0. The number of hydrazone groups is 1. The van der Waals surface area contributed by atoms with E-state index in [9.17, 15) is 9.59 Å². The van der Waals surface area contributed by atoms with Crippen molar-refractivity contribution in [2.75, 3.05) is 11.9 Å². The summed E-state index contributed by atoms with van der Waals surface area (Å²) in [6, 6.07) is 7.10. The molecule has 0 aromatic heterocycles. The van der Waals surface area contributed by atoms with Gasteiger partial charge in [0.1, 0.15) is 0 Å². The Bertz CT molecular complexity index is 469. The number of carbonyl (C=O) groups is 2. The van der Waals surface area contributed by atoms with Crippen molar-refractivity contribution in [1.82, 2.24) is 5.32 Å². The molecule has 1 rings (SSSR count). The molecule has 20 heavy (non-hydrogen) atoms. The van der Waals surface area contributed by atoms with E-state index in [0.29, 0.717) is 12.2 Å². The summed E-state index contributed by atoms with van der Waals surface area (Å²) in [4.78, 5) is 23.0. The zero-order valence-electron chi connectivity index (χ0n) is 11.6. The molecule has 1 aromatic carbocycles. The van der Waals surface area contributed by atoms with Crippen LogP contribution in [0.1, 0.15) is 31.7 Å². The second kappa shape index (κ2) is 8.68. The van der Waals surface area contributed by atoms with Crippen LogP contribution in [0.3, 0.4) is 0 Å². The maximum absolute atomic E-state index is 11.7. The first-order chi connectivity index (χ1) is 9.65. The predicted octanol–water partition coefficient (Wildman–Crippen LogP) is 1.22. The lowest BCUT2D eigenvalue weighted by Crippen LogP contribution is -2.25. The molecular formula is C14H20N4O2. The molecule has 0 radical (unpaired) electrons. The van der Waals surface area contributed by atoms with Crippen LogP contribution in [0.15, 0.2) is 29.4 Å². The van der Waals surface area contributed by atoms with Crippen molar-refractivity contribution in [1.29, 1.82) is 0 Å². The van der Waals surface area contributed by atoms with E-state index in [0.717, 1.165) is 12.0 Å². The fraction of sp³-hybridized carbons (Fsp3) is 0.357. The number of carbonyl (C=O) groups excluding carboxylic acids is 2. The van der Waals surface area contributed by atoms with Crippen LogP contribution in [0.4, 0.5) is 5.69 Å². The van der Waals surface area contributed by atoms with Crippen molar-refractivity contribution in [3.63, 3.8) is 0 Å². The van der Waals surface area contributed by atoms with Gasteiger partial charge >= 0.3 is 0 Å². The molecule has 108 valence electrons. The Morgan fingerprint density at radius 3 is 2.45 bits per heavy atom. The van der Waals surface area contributed by atoms with E-state index in [1.165, 1.54) is 6.21 Å². The predicted molar refractivity (Wildman–Crippen MR) is 79.4 cm³/mol. The van der Waals surface area contributed by atoms with Crippen LogP contribution in [0.2, 0.25) is 0 Å². The monoisotopic (exact) mass is 276 g/mol. The van der Waals surface area contributed by atoms with Crippen LogP contribution < -0.4 is 16.5 Å². The highest BCUT2D eigenvalue weighted by Crippen LogP contribution is 2.09. The minimum atomic E-state index is -0.183. The first-order valence-corrected chi connectivity index (χ1v) is 6.55. The maximum atomic E-state index is 11.7. The first-order valence-electron chi connectivity index (χ1n) is 6.55. The van der Waals surface area contributed by atoms with E-state index in [1.807, 2.05) is 6.92 Å². The highest BCUT2D eigenvalue weighted by atomic mass is 16.2. The third kappa shape index (κ3) is 5.99. The van der Waals surface area contributed by atoms with Gasteiger partial charge in [-0.05, 0) is 24.1 Å². The van der Waals surface area contributed by atoms with Crippen molar-refractivity contribution in [3.05, 3.63) is 29.8 Å². The van der Waals surface area contributed by atoms with Gasteiger partial charge in [0.15, 0.2) is 0 Å². The molecule has 0 saturated carbocycles. The van der Waals surface area contributed by atoms with Crippen molar-refractivity contribution in [2.24, 2.45) is 10.9 Å². The average Bonchev–Trinajstić information content (AvgIpc) is 2.45. The second-order valence-corrected chi connectivity index (χ2v) is 4.30. The normalized spacial score (nSPS) is 10.4. The van der Waals surface area contributed by atoms with Gasteiger partial charge < -0.3 is 16.5 Å². The molecule has 4 N–H and O–H groups in total. The highest BCUT2D eigenvalue weighted by molar-refractivity contribution is 5.93. The largest absolute Gasteiger partial charge is 0.356 e. The molecule has 6 heteroatoms. The van der Waals surface area contributed by atoms with Crippen LogP contribution in [-0.4, -0.2) is 24.6 Å². The smallest absolute Gasteiger partial charge is 0.224 e. The number of benzene rings is 1. The first kappa shape index (κ1) is 15.7. The van der Waals surface area contributed by atoms with Gasteiger partial charge in [0.2, 0.25) is 11.8 Å². The lowest BCUT2D eigenvalue weighted by molar-refractivity contribution is -0.124. The Morgan fingerprint density at radius 1 is 1.20 bits per heavy atom. The van der Waals surface area contributed by atoms with E-state index in [4.69, 9.17) is 5.84 Å². The SMILES string of the molecule is CCCNC(=O)CCC(=O)Nc1ccc(C=NN)cc1. The molecule has 0 heterocycles. The average molecular weight is 276 g/mol. The molecule has 0 saturated heterocycles. The summed E-state index contributed by atoms with van der Waals surface area (Å²) in [5, 5.41) is 8.87. The van der Waals surface area contributed by atoms with E-state index >= 15 is 0 Å². The van der Waals surface area contributed by atoms with Gasteiger partial charge in [-0.2, -0.15) is 5.10 Å². The highest BCUT2D eigenvalue weighted by Gasteiger charge is 2.06. The van der Waals surface area contributed by atoms with Gasteiger partial charge in [0.25, 0.3) is 0 Å². The number of anilines is 1. The molecule has 0 aliphatic carbocycles. The topological polar surface area (TPSA) is 96.6 Å². The second-order valence-electron chi connectivity index (χ2n) is 4.30. The van der Waals surface area contributed by atoms with Crippen molar-refractivity contribution in [3.8, 4) is 0 Å². The maximum Gasteiger partial charge on any atom is 0.224 e. The Kier molecular flexibility index (Phi) is 6.81. The van der Waals surface area contributed by atoms with Gasteiger partial charge in [-0.3, -0.25) is 9.59 Å². The van der Waals surface area contributed by atoms with Crippen molar-refractivity contribution in [2.45, 2.75) is 26.2 Å². The number of rotatable bonds is 7. The summed E-state index contributed by atoms with van der Waals surface area (Å²) in [6.45, 7) is 2.62. The molecule has 2 amide bonds. The van der Waals surface area contributed by atoms with Gasteiger partial charge in [-0.15, -0.1) is 0 Å². The Morgan fingerprint density at radius 2 is 1.85 bits per heavy atom. The standard InChI is InChI=1S/C14H20N4O2/c1-2-9-16-13(19)7-8-14(20)18-12-5-3-11(4-6-12)10-17-15/h3-6,10H,2,7-9,15H2,1H3,(H,16,19)(H,18,20). The van der Waals surface area contributed by atoms with Gasteiger partial charge in [0.05, 0.1) is 6.21 Å². The van der Waals surface area contributed by atoms with E-state index < -0.39 is 0 Å². The fourth-order valence-corrected chi connectivity index (χ4v) is 1.54. The molecule has 6 nitrogen and oxygen atoms in total. The number of nitrogens with zero attached hydrogens (tertiary/aromatic N) is 1.